The Morgan fingerprint density at radius 1 is 1.33 bits per heavy atom. The first-order valence-electron chi connectivity index (χ1n) is 10.9. The van der Waals surface area contributed by atoms with Crippen molar-refractivity contribution in [1.82, 2.24) is 15.5 Å². The Balaban J connectivity index is 1.43. The second-order valence-electron chi connectivity index (χ2n) is 8.46. The molecule has 2 amide bonds. The van der Waals surface area contributed by atoms with Crippen molar-refractivity contribution >= 4 is 27.7 Å². The monoisotopic (exact) mass is 480 g/mol. The summed E-state index contributed by atoms with van der Waals surface area (Å²) in [5.74, 6) is 0.281. The van der Waals surface area contributed by atoms with Gasteiger partial charge >= 0.3 is 0 Å². The molecule has 2 atom stereocenters. The average Bonchev–Trinajstić information content (AvgIpc) is 3.15. The predicted molar refractivity (Wildman–Crippen MR) is 120 cm³/mol. The van der Waals surface area contributed by atoms with Gasteiger partial charge in [-0.25, -0.2) is 0 Å². The van der Waals surface area contributed by atoms with Gasteiger partial charge in [-0.3, -0.25) is 14.5 Å². The molecule has 8 heteroatoms. The summed E-state index contributed by atoms with van der Waals surface area (Å²) in [4.78, 5) is 25.6. The van der Waals surface area contributed by atoms with Gasteiger partial charge in [-0.15, -0.1) is 0 Å². The van der Waals surface area contributed by atoms with Crippen LogP contribution in [0.5, 0.6) is 5.75 Å². The van der Waals surface area contributed by atoms with Crippen LogP contribution in [0.25, 0.3) is 0 Å². The lowest BCUT2D eigenvalue weighted by Crippen LogP contribution is -2.37. The number of hydrogen-bond acceptors (Lipinski definition) is 5. The molecule has 0 aromatic heterocycles. The van der Waals surface area contributed by atoms with Crippen molar-refractivity contribution in [1.29, 1.82) is 0 Å². The summed E-state index contributed by atoms with van der Waals surface area (Å²) in [6, 6.07) is 6.47. The van der Waals surface area contributed by atoms with E-state index in [9.17, 15) is 9.59 Å². The van der Waals surface area contributed by atoms with E-state index in [4.69, 9.17) is 10.5 Å². The normalized spacial score (nSPS) is 21.3. The largest absolute Gasteiger partial charge is 0.489 e. The molecule has 1 aromatic carbocycles. The second kappa shape index (κ2) is 11.1. The van der Waals surface area contributed by atoms with Gasteiger partial charge < -0.3 is 21.1 Å². The highest BCUT2D eigenvalue weighted by Gasteiger charge is 2.24. The second-order valence-corrected chi connectivity index (χ2v) is 9.32. The maximum atomic E-state index is 12.1. The SMILES string of the molecule is C[C@@H](CCC(=O)N[C@H]1CCN(Cc2ccc(OC3CCNCC3)c(Br)c2)C1)C(N)=O. The molecule has 3 rings (SSSR count). The number of halogens is 1. The molecule has 0 unspecified atom stereocenters. The standard InChI is InChI=1S/C22H33BrN4O3/c1-15(22(24)29)2-5-21(28)26-17-8-11-27(14-17)13-16-3-4-20(19(23)12-16)30-18-6-9-25-10-7-18/h3-4,12,15,17-18,25H,2,5-11,13-14H2,1H3,(H2,24,29)(H,26,28)/t15-,17-/m0/s1. The molecule has 30 heavy (non-hydrogen) atoms. The molecule has 1 aromatic rings. The number of likely N-dealkylation sites (tertiary alicyclic amines) is 1. The smallest absolute Gasteiger partial charge is 0.220 e. The maximum absolute atomic E-state index is 12.1. The zero-order valence-corrected chi connectivity index (χ0v) is 19.2. The van der Waals surface area contributed by atoms with Crippen molar-refractivity contribution < 1.29 is 14.3 Å². The van der Waals surface area contributed by atoms with E-state index in [1.54, 1.807) is 6.92 Å². The zero-order chi connectivity index (χ0) is 21.5. The number of benzene rings is 1. The number of amides is 2. The molecule has 0 radical (unpaired) electrons. The van der Waals surface area contributed by atoms with Gasteiger partial charge in [0.15, 0.2) is 0 Å². The minimum atomic E-state index is -0.354. The molecule has 2 heterocycles. The number of carbonyl (C=O) groups excluding carboxylic acids is 2. The molecule has 2 aliphatic rings. The number of nitrogens with two attached hydrogens (primary N) is 1. The number of piperidine rings is 1. The number of rotatable bonds is 9. The van der Waals surface area contributed by atoms with Crippen molar-refractivity contribution in [2.45, 2.75) is 57.7 Å². The van der Waals surface area contributed by atoms with E-state index in [1.807, 2.05) is 0 Å². The van der Waals surface area contributed by atoms with Crippen LogP contribution in [-0.2, 0) is 16.1 Å². The topological polar surface area (TPSA) is 96.7 Å². The summed E-state index contributed by atoms with van der Waals surface area (Å²) in [6.45, 7) is 6.41. The van der Waals surface area contributed by atoms with Crippen LogP contribution < -0.4 is 21.1 Å². The summed E-state index contributed by atoms with van der Waals surface area (Å²) in [7, 11) is 0. The fourth-order valence-electron chi connectivity index (χ4n) is 3.97. The third-order valence-corrected chi connectivity index (χ3v) is 6.53. The third kappa shape index (κ3) is 6.96. The fourth-order valence-corrected chi connectivity index (χ4v) is 4.49. The highest BCUT2D eigenvalue weighted by molar-refractivity contribution is 9.10. The number of ether oxygens (including phenoxy) is 1. The molecule has 0 aliphatic carbocycles. The van der Waals surface area contributed by atoms with Crippen LogP contribution in [0.2, 0.25) is 0 Å². The Morgan fingerprint density at radius 3 is 2.80 bits per heavy atom. The van der Waals surface area contributed by atoms with Gasteiger partial charge in [0.25, 0.3) is 0 Å². The van der Waals surface area contributed by atoms with Crippen LogP contribution in [0.15, 0.2) is 22.7 Å². The Hall–Kier alpha value is -1.64. The molecule has 2 fully saturated rings. The highest BCUT2D eigenvalue weighted by atomic mass is 79.9. The van der Waals surface area contributed by atoms with Gasteiger partial charge in [0, 0.05) is 38.0 Å². The van der Waals surface area contributed by atoms with Crippen molar-refractivity contribution in [2.75, 3.05) is 26.2 Å². The Kier molecular flexibility index (Phi) is 8.53. The van der Waals surface area contributed by atoms with Crippen molar-refractivity contribution in [3.63, 3.8) is 0 Å². The Bertz CT molecular complexity index is 739. The number of nitrogens with one attached hydrogen (secondary N) is 2. The minimum absolute atomic E-state index is 0.00268. The van der Waals surface area contributed by atoms with E-state index < -0.39 is 0 Å². The molecule has 2 aliphatic heterocycles. The molecule has 2 saturated heterocycles. The predicted octanol–water partition coefficient (Wildman–Crippen LogP) is 2.17. The molecule has 166 valence electrons. The first kappa shape index (κ1) is 23.0. The van der Waals surface area contributed by atoms with Crippen molar-refractivity contribution in [3.8, 4) is 5.75 Å². The molecule has 0 bridgehead atoms. The molecular weight excluding hydrogens is 448 g/mol. The van der Waals surface area contributed by atoms with Crippen molar-refractivity contribution in [2.24, 2.45) is 11.7 Å². The van der Waals surface area contributed by atoms with E-state index in [1.165, 1.54) is 5.56 Å². The maximum Gasteiger partial charge on any atom is 0.220 e. The lowest BCUT2D eigenvalue weighted by atomic mass is 10.0. The lowest BCUT2D eigenvalue weighted by molar-refractivity contribution is -0.123. The summed E-state index contributed by atoms with van der Waals surface area (Å²) >= 11 is 3.66. The van der Waals surface area contributed by atoms with Crippen LogP contribution in [0.4, 0.5) is 0 Å². The zero-order valence-electron chi connectivity index (χ0n) is 17.7. The Morgan fingerprint density at radius 2 is 2.10 bits per heavy atom. The van der Waals surface area contributed by atoms with Gasteiger partial charge in [0.05, 0.1) is 4.47 Å². The molecular formula is C22H33BrN4O3. The number of primary amides is 1. The first-order valence-corrected chi connectivity index (χ1v) is 11.7. The fraction of sp³-hybridized carbons (Fsp3) is 0.636. The van der Waals surface area contributed by atoms with Crippen molar-refractivity contribution in [3.05, 3.63) is 28.2 Å². The van der Waals surface area contributed by atoms with E-state index in [-0.39, 0.29) is 29.9 Å². The molecule has 4 N–H and O–H groups in total. The summed E-state index contributed by atoms with van der Waals surface area (Å²) in [5, 5.41) is 6.44. The van der Waals surface area contributed by atoms with Gasteiger partial charge in [0.1, 0.15) is 11.9 Å². The van der Waals surface area contributed by atoms with Gasteiger partial charge in [-0.1, -0.05) is 13.0 Å². The van der Waals surface area contributed by atoms with Gasteiger partial charge in [0.2, 0.25) is 11.8 Å². The number of hydrogen-bond donors (Lipinski definition) is 3. The van der Waals surface area contributed by atoms with Crippen LogP contribution >= 0.6 is 15.9 Å². The summed E-state index contributed by atoms with van der Waals surface area (Å²) in [6.07, 6.45) is 4.13. The highest BCUT2D eigenvalue weighted by Crippen LogP contribution is 2.29. The van der Waals surface area contributed by atoms with Crippen LogP contribution in [-0.4, -0.2) is 55.0 Å². The first-order chi connectivity index (χ1) is 14.4. The number of carbonyl (C=O) groups is 2. The lowest BCUT2D eigenvalue weighted by Gasteiger charge is -2.24. The van der Waals surface area contributed by atoms with Crippen LogP contribution in [0.1, 0.15) is 44.6 Å². The van der Waals surface area contributed by atoms with Gasteiger partial charge in [-0.05, 0) is 72.4 Å². The van der Waals surface area contributed by atoms with E-state index in [0.29, 0.717) is 12.8 Å². The van der Waals surface area contributed by atoms with Gasteiger partial charge in [-0.2, -0.15) is 0 Å². The minimum Gasteiger partial charge on any atom is -0.489 e. The van der Waals surface area contributed by atoms with Crippen LogP contribution in [0, 0.1) is 5.92 Å². The summed E-state index contributed by atoms with van der Waals surface area (Å²) < 4.78 is 7.14. The van der Waals surface area contributed by atoms with E-state index >= 15 is 0 Å². The van der Waals surface area contributed by atoms with E-state index in [0.717, 1.165) is 62.2 Å². The third-order valence-electron chi connectivity index (χ3n) is 5.91. The summed E-state index contributed by atoms with van der Waals surface area (Å²) in [5.41, 5.74) is 6.48. The van der Waals surface area contributed by atoms with E-state index in [2.05, 4.69) is 49.7 Å². The quantitative estimate of drug-likeness (QED) is 0.503. The number of nitrogens with zero attached hydrogens (tertiary/aromatic N) is 1. The molecule has 0 spiro atoms. The molecule has 7 nitrogen and oxygen atoms in total. The molecule has 0 saturated carbocycles. The van der Waals surface area contributed by atoms with Crippen LogP contribution in [0.3, 0.4) is 0 Å². The Labute approximate surface area is 187 Å². The average molecular weight is 481 g/mol.